The topological polar surface area (TPSA) is 37.3 Å². The highest BCUT2D eigenvalue weighted by Gasteiger charge is 2.51. The average molecular weight is 144 g/mol. The first kappa shape index (κ1) is 6.68. The molecule has 3 heteroatoms. The number of carboxylic acids is 1. The predicted molar refractivity (Wildman–Crippen MR) is 37.6 cm³/mol. The van der Waals surface area contributed by atoms with Gasteiger partial charge in [0.05, 0.1) is 5.41 Å². The van der Waals surface area contributed by atoms with Crippen LogP contribution in [0.4, 0.5) is 0 Å². The van der Waals surface area contributed by atoms with Crippen molar-refractivity contribution in [3.8, 4) is 0 Å². The first-order chi connectivity index (χ1) is 4.09. The maximum Gasteiger partial charge on any atom is 0.314 e. The number of carbonyl (C=O) groups is 1. The molecule has 0 atom stereocenters. The molecule has 1 N–H and O–H groups in total. The Hall–Kier alpha value is -0.440. The number of thiocarbonyl (C=S) groups is 1. The zero-order valence-electron chi connectivity index (χ0n) is 5.18. The molecule has 0 heterocycles. The van der Waals surface area contributed by atoms with Gasteiger partial charge in [0.1, 0.15) is 0 Å². The quantitative estimate of drug-likeness (QED) is 0.592. The van der Waals surface area contributed by atoms with Crippen LogP contribution >= 0.6 is 12.2 Å². The third-order valence-electron chi connectivity index (χ3n) is 1.83. The molecular weight excluding hydrogens is 136 g/mol. The van der Waals surface area contributed by atoms with Gasteiger partial charge in [-0.25, -0.2) is 0 Å². The van der Waals surface area contributed by atoms with Gasteiger partial charge in [-0.3, -0.25) is 4.79 Å². The molecule has 0 aliphatic heterocycles. The van der Waals surface area contributed by atoms with Gasteiger partial charge in [0.15, 0.2) is 0 Å². The second kappa shape index (κ2) is 1.77. The zero-order valence-corrected chi connectivity index (χ0v) is 5.99. The number of rotatable bonds is 2. The van der Waals surface area contributed by atoms with Crippen LogP contribution in [0.5, 0.6) is 0 Å². The molecule has 9 heavy (non-hydrogen) atoms. The van der Waals surface area contributed by atoms with Gasteiger partial charge in [-0.2, -0.15) is 0 Å². The first-order valence-corrected chi connectivity index (χ1v) is 3.25. The Morgan fingerprint density at radius 1 is 1.67 bits per heavy atom. The van der Waals surface area contributed by atoms with Crippen LogP contribution in [0.3, 0.4) is 0 Å². The Kier molecular flexibility index (Phi) is 1.31. The highest BCUT2D eigenvalue weighted by Crippen LogP contribution is 2.47. The Labute approximate surface area is 58.9 Å². The van der Waals surface area contributed by atoms with E-state index in [0.717, 1.165) is 12.8 Å². The van der Waals surface area contributed by atoms with E-state index in [9.17, 15) is 4.79 Å². The van der Waals surface area contributed by atoms with Crippen molar-refractivity contribution in [3.05, 3.63) is 0 Å². The van der Waals surface area contributed by atoms with Gasteiger partial charge in [-0.1, -0.05) is 12.2 Å². The van der Waals surface area contributed by atoms with Crippen LogP contribution in [0.25, 0.3) is 0 Å². The SMILES string of the molecule is CC(=S)C1(C(=O)O)CC1. The third-order valence-corrected chi connectivity index (χ3v) is 2.22. The van der Waals surface area contributed by atoms with E-state index in [4.69, 9.17) is 17.3 Å². The number of hydrogen-bond acceptors (Lipinski definition) is 2. The van der Waals surface area contributed by atoms with E-state index in [0.29, 0.717) is 4.86 Å². The average Bonchev–Trinajstić information content (AvgIpc) is 2.40. The molecule has 1 aliphatic rings. The Morgan fingerprint density at radius 2 is 2.11 bits per heavy atom. The van der Waals surface area contributed by atoms with Gasteiger partial charge in [0.25, 0.3) is 0 Å². The summed E-state index contributed by atoms with van der Waals surface area (Å²) >= 11 is 4.79. The largest absolute Gasteiger partial charge is 0.481 e. The standard InChI is InChI=1S/C6H8O2S/c1-4(9)6(2-3-6)5(7)8/h2-3H2,1H3,(H,7,8). The zero-order chi connectivity index (χ0) is 7.07. The summed E-state index contributed by atoms with van der Waals surface area (Å²) in [5, 5.41) is 8.59. The molecule has 1 aliphatic carbocycles. The second-order valence-corrected chi connectivity index (χ2v) is 3.06. The van der Waals surface area contributed by atoms with Gasteiger partial charge >= 0.3 is 5.97 Å². The van der Waals surface area contributed by atoms with Crippen LogP contribution in [0.2, 0.25) is 0 Å². The summed E-state index contributed by atoms with van der Waals surface area (Å²) in [6.07, 6.45) is 1.47. The smallest absolute Gasteiger partial charge is 0.314 e. The number of aliphatic carboxylic acids is 1. The highest BCUT2D eigenvalue weighted by molar-refractivity contribution is 7.80. The van der Waals surface area contributed by atoms with Crippen LogP contribution in [-0.4, -0.2) is 15.9 Å². The van der Waals surface area contributed by atoms with Crippen molar-refractivity contribution in [3.63, 3.8) is 0 Å². The van der Waals surface area contributed by atoms with E-state index in [2.05, 4.69) is 0 Å². The van der Waals surface area contributed by atoms with Crippen molar-refractivity contribution in [2.45, 2.75) is 19.8 Å². The molecule has 0 aromatic rings. The Morgan fingerprint density at radius 3 is 2.11 bits per heavy atom. The van der Waals surface area contributed by atoms with E-state index in [1.165, 1.54) is 0 Å². The lowest BCUT2D eigenvalue weighted by Gasteiger charge is -2.04. The molecule has 50 valence electrons. The molecule has 0 aromatic heterocycles. The van der Waals surface area contributed by atoms with Crippen LogP contribution in [0, 0.1) is 5.41 Å². The Balaban J connectivity index is 2.75. The van der Waals surface area contributed by atoms with E-state index in [-0.39, 0.29) is 0 Å². The maximum atomic E-state index is 10.4. The third kappa shape index (κ3) is 0.852. The van der Waals surface area contributed by atoms with Gasteiger partial charge in [0, 0.05) is 4.86 Å². The van der Waals surface area contributed by atoms with E-state index in [1.807, 2.05) is 0 Å². The molecule has 1 rings (SSSR count). The molecule has 0 bridgehead atoms. The minimum Gasteiger partial charge on any atom is -0.481 e. The predicted octanol–water partition coefficient (Wildman–Crippen LogP) is 1.24. The van der Waals surface area contributed by atoms with Crippen LogP contribution in [0.15, 0.2) is 0 Å². The van der Waals surface area contributed by atoms with Crippen molar-refractivity contribution in [2.24, 2.45) is 5.41 Å². The maximum absolute atomic E-state index is 10.4. The van der Waals surface area contributed by atoms with Crippen LogP contribution in [0.1, 0.15) is 19.8 Å². The first-order valence-electron chi connectivity index (χ1n) is 2.84. The minimum absolute atomic E-state index is 0.602. The molecule has 0 saturated heterocycles. The van der Waals surface area contributed by atoms with Crippen LogP contribution in [-0.2, 0) is 4.79 Å². The number of hydrogen-bond donors (Lipinski definition) is 1. The van der Waals surface area contributed by atoms with Crippen molar-refractivity contribution in [2.75, 3.05) is 0 Å². The number of carboxylic acid groups (broad SMARTS) is 1. The summed E-state index contributed by atoms with van der Waals surface area (Å²) in [5.41, 5.74) is -0.602. The normalized spacial score (nSPS) is 21.0. The lowest BCUT2D eigenvalue weighted by molar-refractivity contribution is -0.140. The lowest BCUT2D eigenvalue weighted by atomic mass is 10.1. The summed E-state index contributed by atoms with van der Waals surface area (Å²) < 4.78 is 0. The fourth-order valence-electron chi connectivity index (χ4n) is 0.842. The summed E-state index contributed by atoms with van der Waals surface area (Å²) in [4.78, 5) is 11.1. The molecule has 0 radical (unpaired) electrons. The fraction of sp³-hybridized carbons (Fsp3) is 0.667. The molecule has 0 unspecified atom stereocenters. The monoisotopic (exact) mass is 144 g/mol. The molecule has 1 saturated carbocycles. The van der Waals surface area contributed by atoms with Gasteiger partial charge in [-0.05, 0) is 19.8 Å². The minimum atomic E-state index is -0.755. The van der Waals surface area contributed by atoms with Crippen molar-refractivity contribution in [1.29, 1.82) is 0 Å². The van der Waals surface area contributed by atoms with Gasteiger partial charge < -0.3 is 5.11 Å². The second-order valence-electron chi connectivity index (χ2n) is 2.44. The fourth-order valence-corrected chi connectivity index (χ4v) is 1.13. The van der Waals surface area contributed by atoms with Crippen molar-refractivity contribution < 1.29 is 9.90 Å². The molecule has 2 nitrogen and oxygen atoms in total. The summed E-state index contributed by atoms with van der Waals surface area (Å²) in [7, 11) is 0. The Bertz CT molecular complexity index is 154. The summed E-state index contributed by atoms with van der Waals surface area (Å²) in [6, 6.07) is 0. The van der Waals surface area contributed by atoms with Crippen molar-refractivity contribution >= 4 is 23.1 Å². The molecular formula is C6H8O2S. The summed E-state index contributed by atoms with van der Waals surface area (Å²) in [5.74, 6) is -0.755. The molecule has 0 spiro atoms. The van der Waals surface area contributed by atoms with Gasteiger partial charge in [0.2, 0.25) is 0 Å². The van der Waals surface area contributed by atoms with E-state index in [1.54, 1.807) is 6.92 Å². The molecule has 0 aromatic carbocycles. The molecule has 1 fully saturated rings. The van der Waals surface area contributed by atoms with E-state index >= 15 is 0 Å². The van der Waals surface area contributed by atoms with Crippen LogP contribution < -0.4 is 0 Å². The van der Waals surface area contributed by atoms with E-state index < -0.39 is 11.4 Å². The van der Waals surface area contributed by atoms with Crippen molar-refractivity contribution in [1.82, 2.24) is 0 Å². The summed E-state index contributed by atoms with van der Waals surface area (Å²) in [6.45, 7) is 1.70. The lowest BCUT2D eigenvalue weighted by Crippen LogP contribution is -2.21. The molecule has 0 amide bonds. The van der Waals surface area contributed by atoms with Gasteiger partial charge in [-0.15, -0.1) is 0 Å². The highest BCUT2D eigenvalue weighted by atomic mass is 32.1.